The normalized spacial score (nSPS) is 21.9. The lowest BCUT2D eigenvalue weighted by Crippen LogP contribution is -2.49. The summed E-state index contributed by atoms with van der Waals surface area (Å²) < 4.78 is 27.3. The maximum Gasteiger partial charge on any atom is 0.252 e. The predicted molar refractivity (Wildman–Crippen MR) is 96.2 cm³/mol. The van der Waals surface area contributed by atoms with E-state index in [2.05, 4.69) is 23.5 Å². The van der Waals surface area contributed by atoms with Gasteiger partial charge in [0.25, 0.3) is 5.91 Å². The van der Waals surface area contributed by atoms with Crippen LogP contribution in [0.15, 0.2) is 47.4 Å². The number of hydrogen-bond donors (Lipinski definition) is 3. The van der Waals surface area contributed by atoms with Gasteiger partial charge in [-0.2, -0.15) is 16.9 Å². The van der Waals surface area contributed by atoms with Crippen molar-refractivity contribution in [2.24, 2.45) is 0 Å². The lowest BCUT2D eigenvalue weighted by Gasteiger charge is -2.23. The van der Waals surface area contributed by atoms with Crippen molar-refractivity contribution in [2.45, 2.75) is 22.6 Å². The molecule has 0 unspecified atom stereocenters. The first-order valence-corrected chi connectivity index (χ1v) is 9.54. The summed E-state index contributed by atoms with van der Waals surface area (Å²) in [6, 6.07) is 11.8. The molecule has 2 atom stereocenters. The first-order chi connectivity index (χ1) is 11.4. The number of amides is 1. The van der Waals surface area contributed by atoms with Gasteiger partial charge in [0, 0.05) is 18.8 Å². The van der Waals surface area contributed by atoms with Crippen molar-refractivity contribution in [3.63, 3.8) is 0 Å². The summed E-state index contributed by atoms with van der Waals surface area (Å²) in [5.74, 6) is -0.376. The SMILES string of the molecule is CNNC(=O)[C@@H]1C[C@@H](S)CN1S(=O)(=O)c1ccc2ccccc2c1. The van der Waals surface area contributed by atoms with E-state index in [1.54, 1.807) is 25.2 Å². The molecule has 1 amide bonds. The van der Waals surface area contributed by atoms with Gasteiger partial charge in [0.1, 0.15) is 6.04 Å². The van der Waals surface area contributed by atoms with Crippen LogP contribution in [0.4, 0.5) is 0 Å². The van der Waals surface area contributed by atoms with Gasteiger partial charge in [0.15, 0.2) is 0 Å². The molecule has 8 heteroatoms. The Balaban J connectivity index is 1.99. The van der Waals surface area contributed by atoms with Crippen molar-refractivity contribution in [3.05, 3.63) is 42.5 Å². The van der Waals surface area contributed by atoms with Gasteiger partial charge in [-0.1, -0.05) is 30.3 Å². The second-order valence-corrected chi connectivity index (χ2v) is 8.35. The van der Waals surface area contributed by atoms with Gasteiger partial charge in [-0.3, -0.25) is 10.2 Å². The van der Waals surface area contributed by atoms with Crippen LogP contribution in [0.1, 0.15) is 6.42 Å². The molecule has 1 heterocycles. The highest BCUT2D eigenvalue weighted by atomic mass is 32.2. The summed E-state index contributed by atoms with van der Waals surface area (Å²) in [6.45, 7) is 0.208. The number of fused-ring (bicyclic) bond motifs is 1. The van der Waals surface area contributed by atoms with Gasteiger partial charge in [0.05, 0.1) is 4.90 Å². The maximum absolute atomic E-state index is 13.0. The third kappa shape index (κ3) is 3.14. The number of benzene rings is 2. The first-order valence-electron chi connectivity index (χ1n) is 7.59. The Hall–Kier alpha value is -1.61. The monoisotopic (exact) mass is 365 g/mol. The highest BCUT2D eigenvalue weighted by molar-refractivity contribution is 7.89. The summed E-state index contributed by atoms with van der Waals surface area (Å²) in [5.41, 5.74) is 5.01. The van der Waals surface area contributed by atoms with Crippen LogP contribution in [0.25, 0.3) is 10.8 Å². The molecule has 0 saturated carbocycles. The van der Waals surface area contributed by atoms with Gasteiger partial charge in [-0.05, 0) is 29.3 Å². The summed E-state index contributed by atoms with van der Waals surface area (Å²) in [5, 5.41) is 1.64. The number of thiol groups is 1. The van der Waals surface area contributed by atoms with Crippen molar-refractivity contribution in [2.75, 3.05) is 13.6 Å². The Labute approximate surface area is 146 Å². The van der Waals surface area contributed by atoms with E-state index in [0.29, 0.717) is 6.42 Å². The van der Waals surface area contributed by atoms with Crippen LogP contribution in [0, 0.1) is 0 Å². The Kier molecular flexibility index (Phi) is 4.82. The molecule has 2 aromatic carbocycles. The first kappa shape index (κ1) is 17.2. The van der Waals surface area contributed by atoms with Crippen LogP contribution in [-0.2, 0) is 14.8 Å². The van der Waals surface area contributed by atoms with Crippen LogP contribution in [0.2, 0.25) is 0 Å². The number of carbonyl (C=O) groups excluding carboxylic acids is 1. The molecule has 3 rings (SSSR count). The van der Waals surface area contributed by atoms with E-state index in [9.17, 15) is 13.2 Å². The minimum absolute atomic E-state index is 0.173. The van der Waals surface area contributed by atoms with Crippen molar-refractivity contribution in [1.29, 1.82) is 0 Å². The highest BCUT2D eigenvalue weighted by Gasteiger charge is 2.42. The van der Waals surface area contributed by atoms with Crippen LogP contribution in [-0.4, -0.2) is 43.5 Å². The van der Waals surface area contributed by atoms with E-state index in [-0.39, 0.29) is 22.6 Å². The molecule has 2 N–H and O–H groups in total. The molecule has 128 valence electrons. The molecule has 1 saturated heterocycles. The quantitative estimate of drug-likeness (QED) is 0.561. The number of nitrogens with one attached hydrogen (secondary N) is 2. The zero-order valence-corrected chi connectivity index (χ0v) is 14.8. The Morgan fingerprint density at radius 2 is 1.92 bits per heavy atom. The number of carbonyl (C=O) groups is 1. The maximum atomic E-state index is 13.0. The number of hydrogen-bond acceptors (Lipinski definition) is 5. The van der Waals surface area contributed by atoms with E-state index in [1.165, 1.54) is 4.31 Å². The van der Waals surface area contributed by atoms with Crippen molar-refractivity contribution >= 4 is 39.3 Å². The van der Waals surface area contributed by atoms with Crippen molar-refractivity contribution < 1.29 is 13.2 Å². The zero-order chi connectivity index (χ0) is 17.3. The second kappa shape index (κ2) is 6.72. The van der Waals surface area contributed by atoms with Crippen LogP contribution in [0.3, 0.4) is 0 Å². The van der Waals surface area contributed by atoms with Gasteiger partial charge in [-0.25, -0.2) is 13.8 Å². The average molecular weight is 365 g/mol. The average Bonchev–Trinajstić information content (AvgIpc) is 2.97. The van der Waals surface area contributed by atoms with Crippen LogP contribution >= 0.6 is 12.6 Å². The van der Waals surface area contributed by atoms with Crippen LogP contribution in [0.5, 0.6) is 0 Å². The van der Waals surface area contributed by atoms with E-state index in [1.807, 2.05) is 24.3 Å². The topological polar surface area (TPSA) is 78.5 Å². The molecule has 0 aromatic heterocycles. The molecule has 1 fully saturated rings. The summed E-state index contributed by atoms with van der Waals surface area (Å²) >= 11 is 4.37. The molecule has 0 bridgehead atoms. The summed E-state index contributed by atoms with van der Waals surface area (Å²) in [7, 11) is -2.22. The van der Waals surface area contributed by atoms with Gasteiger partial charge >= 0.3 is 0 Å². The molecule has 0 aliphatic carbocycles. The van der Waals surface area contributed by atoms with E-state index in [0.717, 1.165) is 10.8 Å². The van der Waals surface area contributed by atoms with Gasteiger partial charge in [0.2, 0.25) is 10.0 Å². The number of hydrazine groups is 1. The molecule has 2 aromatic rings. The lowest BCUT2D eigenvalue weighted by atomic mass is 10.1. The van der Waals surface area contributed by atoms with Crippen LogP contribution < -0.4 is 10.9 Å². The molecule has 24 heavy (non-hydrogen) atoms. The number of nitrogens with zero attached hydrogens (tertiary/aromatic N) is 1. The largest absolute Gasteiger partial charge is 0.290 e. The minimum atomic E-state index is -3.78. The lowest BCUT2D eigenvalue weighted by molar-refractivity contribution is -0.125. The van der Waals surface area contributed by atoms with E-state index in [4.69, 9.17) is 0 Å². The Morgan fingerprint density at radius 3 is 2.62 bits per heavy atom. The standard InChI is InChI=1S/C16H19N3O3S2/c1-17-18-16(20)15-9-13(23)10-19(15)24(21,22)14-7-6-11-4-2-3-5-12(11)8-14/h2-8,13,15,17,23H,9-10H2,1H3,(H,18,20)/t13-,15+/m1/s1. The number of sulfonamides is 1. The van der Waals surface area contributed by atoms with Gasteiger partial charge in [-0.15, -0.1) is 0 Å². The fourth-order valence-corrected chi connectivity index (χ4v) is 5.12. The molecule has 6 nitrogen and oxygen atoms in total. The van der Waals surface area contributed by atoms with E-state index >= 15 is 0 Å². The predicted octanol–water partition coefficient (Wildman–Crippen LogP) is 1.15. The molecular formula is C16H19N3O3S2. The fraction of sp³-hybridized carbons (Fsp3) is 0.312. The van der Waals surface area contributed by atoms with Gasteiger partial charge < -0.3 is 0 Å². The fourth-order valence-electron chi connectivity index (χ4n) is 2.96. The van der Waals surface area contributed by atoms with Crippen molar-refractivity contribution in [3.8, 4) is 0 Å². The minimum Gasteiger partial charge on any atom is -0.290 e. The second-order valence-electron chi connectivity index (χ2n) is 5.73. The third-order valence-electron chi connectivity index (χ3n) is 4.11. The molecule has 0 radical (unpaired) electrons. The molecule has 0 spiro atoms. The summed E-state index contributed by atoms with van der Waals surface area (Å²) in [6.07, 6.45) is 0.378. The number of rotatable bonds is 4. The molecule has 1 aliphatic rings. The van der Waals surface area contributed by atoms with E-state index < -0.39 is 16.1 Å². The third-order valence-corrected chi connectivity index (χ3v) is 6.36. The Bertz CT molecular complexity index is 870. The van der Waals surface area contributed by atoms with Crippen molar-refractivity contribution in [1.82, 2.24) is 15.2 Å². The Morgan fingerprint density at radius 1 is 1.21 bits per heavy atom. The smallest absolute Gasteiger partial charge is 0.252 e. The molecular weight excluding hydrogens is 346 g/mol. The molecule has 1 aliphatic heterocycles. The highest BCUT2D eigenvalue weighted by Crippen LogP contribution is 2.30. The summed E-state index contributed by atoms with van der Waals surface area (Å²) in [4.78, 5) is 12.4. The zero-order valence-electron chi connectivity index (χ0n) is 13.1.